The molecule has 3 aromatic rings. The van der Waals surface area contributed by atoms with Gasteiger partial charge in [0.1, 0.15) is 11.5 Å². The van der Waals surface area contributed by atoms with E-state index in [0.717, 1.165) is 0 Å². The van der Waals surface area contributed by atoms with Gasteiger partial charge in [0.05, 0.1) is 31.2 Å². The second-order valence-corrected chi connectivity index (χ2v) is 5.66. The topological polar surface area (TPSA) is 90.2 Å². The summed E-state index contributed by atoms with van der Waals surface area (Å²) < 4.78 is 16.1. The molecule has 1 aromatic carbocycles. The molecule has 7 nitrogen and oxygen atoms in total. The molecule has 0 radical (unpaired) electrons. The lowest BCUT2D eigenvalue weighted by molar-refractivity contribution is 0.101. The van der Waals surface area contributed by atoms with Gasteiger partial charge in [-0.15, -0.1) is 10.2 Å². The quantitative estimate of drug-likeness (QED) is 0.520. The van der Waals surface area contributed by atoms with Crippen LogP contribution in [0.15, 0.2) is 46.2 Å². The van der Waals surface area contributed by atoms with Gasteiger partial charge in [0.25, 0.3) is 11.1 Å². The number of Topliss-reactive ketones (excluding diaryl/α,β-unsaturated/α-hetero) is 1. The Bertz CT molecular complexity index is 830. The molecule has 24 heavy (non-hydrogen) atoms. The number of nitrogens with zero attached hydrogens (tertiary/aromatic N) is 2. The third-order valence-electron chi connectivity index (χ3n) is 3.27. The molecule has 0 amide bonds. The molecule has 0 bridgehead atoms. The average molecular weight is 345 g/mol. The van der Waals surface area contributed by atoms with Crippen molar-refractivity contribution in [2.75, 3.05) is 20.0 Å². The van der Waals surface area contributed by atoms with Gasteiger partial charge in [-0.2, -0.15) is 0 Å². The van der Waals surface area contributed by atoms with Crippen LogP contribution in [0.3, 0.4) is 0 Å². The van der Waals surface area contributed by atoms with E-state index < -0.39 is 0 Å². The molecule has 0 unspecified atom stereocenters. The molecule has 0 saturated heterocycles. The number of aromatic amines is 1. The van der Waals surface area contributed by atoms with Crippen molar-refractivity contribution in [1.82, 2.24) is 15.2 Å². The smallest absolute Gasteiger partial charge is 0.277 e. The summed E-state index contributed by atoms with van der Waals surface area (Å²) in [5.74, 6) is 1.73. The number of hydrogen-bond acceptors (Lipinski definition) is 7. The number of carbonyl (C=O) groups is 1. The van der Waals surface area contributed by atoms with Crippen molar-refractivity contribution in [2.45, 2.75) is 5.22 Å². The minimum atomic E-state index is -0.0354. The maximum Gasteiger partial charge on any atom is 0.277 e. The maximum atomic E-state index is 12.0. The van der Waals surface area contributed by atoms with E-state index in [2.05, 4.69) is 15.2 Å². The van der Waals surface area contributed by atoms with Gasteiger partial charge in [0.15, 0.2) is 5.78 Å². The third kappa shape index (κ3) is 3.43. The first-order valence-corrected chi connectivity index (χ1v) is 8.05. The summed E-state index contributed by atoms with van der Waals surface area (Å²) in [6, 6.07) is 8.80. The van der Waals surface area contributed by atoms with Crippen molar-refractivity contribution in [2.24, 2.45) is 0 Å². The number of ketones is 1. The first-order valence-electron chi connectivity index (χ1n) is 7.06. The van der Waals surface area contributed by atoms with E-state index in [0.29, 0.717) is 33.9 Å². The zero-order valence-corrected chi connectivity index (χ0v) is 13.9. The molecule has 0 aliphatic carbocycles. The molecule has 124 valence electrons. The highest BCUT2D eigenvalue weighted by Crippen LogP contribution is 2.33. The predicted octanol–water partition coefficient (Wildman–Crippen LogP) is 3.06. The Morgan fingerprint density at radius 3 is 2.83 bits per heavy atom. The van der Waals surface area contributed by atoms with Gasteiger partial charge in [0.2, 0.25) is 0 Å². The number of methoxy groups -OCH3 is 2. The van der Waals surface area contributed by atoms with Gasteiger partial charge in [0, 0.05) is 12.3 Å². The van der Waals surface area contributed by atoms with E-state index in [9.17, 15) is 4.79 Å². The standard InChI is InChI=1S/C16H15N3O4S/c1-21-10-5-6-11(14(8-10)22-2)15-18-19-16(23-15)24-9-13(20)12-4-3-7-17-12/h3-8,17H,9H2,1-2H3. The van der Waals surface area contributed by atoms with Crippen LogP contribution < -0.4 is 9.47 Å². The zero-order chi connectivity index (χ0) is 16.9. The highest BCUT2D eigenvalue weighted by atomic mass is 32.2. The van der Waals surface area contributed by atoms with Crippen LogP contribution in [0.25, 0.3) is 11.5 Å². The Hall–Kier alpha value is -2.74. The van der Waals surface area contributed by atoms with Crippen molar-refractivity contribution >= 4 is 17.5 Å². The van der Waals surface area contributed by atoms with Crippen molar-refractivity contribution in [3.8, 4) is 23.0 Å². The third-order valence-corrected chi connectivity index (χ3v) is 4.09. The molecule has 0 spiro atoms. The highest BCUT2D eigenvalue weighted by molar-refractivity contribution is 7.99. The second-order valence-electron chi connectivity index (χ2n) is 4.73. The summed E-state index contributed by atoms with van der Waals surface area (Å²) in [6.07, 6.45) is 1.71. The largest absolute Gasteiger partial charge is 0.497 e. The molecule has 1 N–H and O–H groups in total. The van der Waals surface area contributed by atoms with E-state index in [-0.39, 0.29) is 11.5 Å². The molecule has 0 aliphatic heterocycles. The van der Waals surface area contributed by atoms with E-state index in [1.165, 1.54) is 11.8 Å². The van der Waals surface area contributed by atoms with Crippen LogP contribution in [-0.2, 0) is 0 Å². The Morgan fingerprint density at radius 2 is 2.12 bits per heavy atom. The Labute approximate surface area is 142 Å². The number of H-pyrrole nitrogens is 1. The van der Waals surface area contributed by atoms with Crippen LogP contribution in [0.5, 0.6) is 11.5 Å². The van der Waals surface area contributed by atoms with Crippen molar-refractivity contribution in [3.05, 3.63) is 42.2 Å². The molecule has 0 atom stereocenters. The number of hydrogen-bond donors (Lipinski definition) is 1. The lowest BCUT2D eigenvalue weighted by atomic mass is 10.2. The summed E-state index contributed by atoms with van der Waals surface area (Å²) in [5, 5.41) is 8.30. The number of benzene rings is 1. The second kappa shape index (κ2) is 7.22. The molecule has 2 heterocycles. The predicted molar refractivity (Wildman–Crippen MR) is 88.7 cm³/mol. The number of ether oxygens (including phenoxy) is 2. The molecule has 3 rings (SSSR count). The van der Waals surface area contributed by atoms with Crippen LogP contribution in [0.4, 0.5) is 0 Å². The fourth-order valence-corrected chi connectivity index (χ4v) is 2.71. The molecule has 0 fully saturated rings. The van der Waals surface area contributed by atoms with Gasteiger partial charge in [-0.1, -0.05) is 11.8 Å². The van der Waals surface area contributed by atoms with Crippen LogP contribution in [0, 0.1) is 0 Å². The molecule has 8 heteroatoms. The van der Waals surface area contributed by atoms with Gasteiger partial charge in [-0.3, -0.25) is 4.79 Å². The zero-order valence-electron chi connectivity index (χ0n) is 13.1. The fourth-order valence-electron chi connectivity index (χ4n) is 2.06. The molecule has 2 aromatic heterocycles. The Morgan fingerprint density at radius 1 is 1.25 bits per heavy atom. The van der Waals surface area contributed by atoms with E-state index in [4.69, 9.17) is 13.9 Å². The number of nitrogens with one attached hydrogen (secondary N) is 1. The number of carbonyl (C=O) groups excluding carboxylic acids is 1. The van der Waals surface area contributed by atoms with Gasteiger partial charge >= 0.3 is 0 Å². The average Bonchev–Trinajstić information content (AvgIpc) is 3.30. The highest BCUT2D eigenvalue weighted by Gasteiger charge is 2.16. The van der Waals surface area contributed by atoms with Gasteiger partial charge < -0.3 is 18.9 Å². The first-order chi connectivity index (χ1) is 11.7. The Kier molecular flexibility index (Phi) is 4.85. The van der Waals surface area contributed by atoms with E-state index >= 15 is 0 Å². The van der Waals surface area contributed by atoms with Crippen molar-refractivity contribution in [3.63, 3.8) is 0 Å². The van der Waals surface area contributed by atoms with Gasteiger partial charge in [-0.25, -0.2) is 0 Å². The summed E-state index contributed by atoms with van der Waals surface area (Å²) >= 11 is 1.19. The Balaban J connectivity index is 1.72. The molecular weight excluding hydrogens is 330 g/mol. The maximum absolute atomic E-state index is 12.0. The summed E-state index contributed by atoms with van der Waals surface area (Å²) in [6.45, 7) is 0. The molecular formula is C16H15N3O4S. The van der Waals surface area contributed by atoms with Crippen LogP contribution in [0.1, 0.15) is 10.5 Å². The minimum Gasteiger partial charge on any atom is -0.497 e. The van der Waals surface area contributed by atoms with Crippen LogP contribution >= 0.6 is 11.8 Å². The van der Waals surface area contributed by atoms with Crippen LogP contribution in [0.2, 0.25) is 0 Å². The fraction of sp³-hybridized carbons (Fsp3) is 0.188. The summed E-state index contributed by atoms with van der Waals surface area (Å²) in [5.41, 5.74) is 1.22. The lowest BCUT2D eigenvalue weighted by Gasteiger charge is -2.07. The van der Waals surface area contributed by atoms with Crippen molar-refractivity contribution in [1.29, 1.82) is 0 Å². The van der Waals surface area contributed by atoms with Crippen LogP contribution in [-0.4, -0.2) is 40.9 Å². The normalized spacial score (nSPS) is 10.6. The number of rotatable bonds is 7. The SMILES string of the molecule is COc1ccc(-c2nnc(SCC(=O)c3ccc[nH]3)o2)c(OC)c1. The van der Waals surface area contributed by atoms with E-state index in [1.54, 1.807) is 50.7 Å². The lowest BCUT2D eigenvalue weighted by Crippen LogP contribution is -2.02. The minimum absolute atomic E-state index is 0.0354. The monoisotopic (exact) mass is 345 g/mol. The molecule has 0 saturated carbocycles. The van der Waals surface area contributed by atoms with Crippen molar-refractivity contribution < 1.29 is 18.7 Å². The summed E-state index contributed by atoms with van der Waals surface area (Å²) in [4.78, 5) is 14.8. The first kappa shape index (κ1) is 16.1. The number of aromatic nitrogens is 3. The molecule has 0 aliphatic rings. The van der Waals surface area contributed by atoms with Gasteiger partial charge in [-0.05, 0) is 24.3 Å². The summed E-state index contributed by atoms with van der Waals surface area (Å²) in [7, 11) is 3.14. The van der Waals surface area contributed by atoms with E-state index in [1.807, 2.05) is 0 Å². The number of thioether (sulfide) groups is 1.